The van der Waals surface area contributed by atoms with Crippen molar-refractivity contribution in [2.75, 3.05) is 13.1 Å². The molecule has 1 heterocycles. The van der Waals surface area contributed by atoms with Gasteiger partial charge < -0.3 is 4.90 Å². The second-order valence-corrected chi connectivity index (χ2v) is 6.50. The van der Waals surface area contributed by atoms with Crippen LogP contribution in [0.15, 0.2) is 54.6 Å². The molecule has 1 amide bonds. The van der Waals surface area contributed by atoms with Crippen LogP contribution in [0.4, 0.5) is 4.39 Å². The number of nitrogens with zero attached hydrogens (tertiary/aromatic N) is 1. The van der Waals surface area contributed by atoms with E-state index in [0.717, 1.165) is 18.7 Å². The Morgan fingerprint density at radius 2 is 1.86 bits per heavy atom. The minimum Gasteiger partial charge on any atom is -0.341 e. The van der Waals surface area contributed by atoms with Crippen molar-refractivity contribution in [1.29, 1.82) is 0 Å². The van der Waals surface area contributed by atoms with Gasteiger partial charge in [0.1, 0.15) is 5.82 Å². The highest BCUT2D eigenvalue weighted by atomic mass is 19.1. The summed E-state index contributed by atoms with van der Waals surface area (Å²) in [6.07, 6.45) is 1.55. The Kier molecular flexibility index (Phi) is 3.03. The van der Waals surface area contributed by atoms with Gasteiger partial charge in [-0.2, -0.15) is 0 Å². The molecule has 0 spiro atoms. The van der Waals surface area contributed by atoms with Gasteiger partial charge in [0.25, 0.3) is 0 Å². The molecular weight excluding hydrogens is 277 g/mol. The molecule has 2 nitrogen and oxygen atoms in total. The third-order valence-corrected chi connectivity index (χ3v) is 5.12. The van der Waals surface area contributed by atoms with Gasteiger partial charge >= 0.3 is 0 Å². The van der Waals surface area contributed by atoms with Crippen LogP contribution in [0, 0.1) is 11.7 Å². The summed E-state index contributed by atoms with van der Waals surface area (Å²) in [4.78, 5) is 14.4. The lowest BCUT2D eigenvalue weighted by atomic mass is 9.95. The summed E-state index contributed by atoms with van der Waals surface area (Å²) in [7, 11) is 0. The molecule has 4 rings (SSSR count). The number of carbonyl (C=O) groups is 1. The van der Waals surface area contributed by atoms with E-state index in [4.69, 9.17) is 0 Å². The first kappa shape index (κ1) is 13.5. The molecule has 22 heavy (non-hydrogen) atoms. The van der Waals surface area contributed by atoms with Crippen LogP contribution < -0.4 is 0 Å². The molecule has 3 heteroatoms. The molecule has 2 unspecified atom stereocenters. The van der Waals surface area contributed by atoms with E-state index in [-0.39, 0.29) is 17.1 Å². The van der Waals surface area contributed by atoms with Crippen molar-refractivity contribution < 1.29 is 9.18 Å². The van der Waals surface area contributed by atoms with E-state index in [0.29, 0.717) is 12.3 Å². The summed E-state index contributed by atoms with van der Waals surface area (Å²) in [5.41, 5.74) is 2.43. The number of rotatable bonds is 3. The Hall–Kier alpha value is -2.16. The summed E-state index contributed by atoms with van der Waals surface area (Å²) < 4.78 is 12.9. The summed E-state index contributed by atoms with van der Waals surface area (Å²) in [6, 6.07) is 16.7. The number of halogens is 1. The topological polar surface area (TPSA) is 20.3 Å². The number of benzene rings is 2. The predicted molar refractivity (Wildman–Crippen MR) is 82.9 cm³/mol. The third kappa shape index (κ3) is 2.21. The van der Waals surface area contributed by atoms with Crippen LogP contribution in [0.25, 0.3) is 0 Å². The second kappa shape index (κ2) is 4.94. The Morgan fingerprint density at radius 1 is 1.14 bits per heavy atom. The zero-order valence-electron chi connectivity index (χ0n) is 12.3. The van der Waals surface area contributed by atoms with Gasteiger partial charge in [-0.1, -0.05) is 42.5 Å². The maximum Gasteiger partial charge on any atom is 0.227 e. The van der Waals surface area contributed by atoms with Gasteiger partial charge in [-0.3, -0.25) is 4.79 Å². The summed E-state index contributed by atoms with van der Waals surface area (Å²) in [6.45, 7) is 1.68. The highest BCUT2D eigenvalue weighted by molar-refractivity contribution is 5.79. The molecule has 2 aromatic carbocycles. The monoisotopic (exact) mass is 295 g/mol. The van der Waals surface area contributed by atoms with Crippen LogP contribution in [-0.4, -0.2) is 23.9 Å². The number of likely N-dealkylation sites (tertiary alicyclic amines) is 1. The molecule has 0 radical (unpaired) electrons. The molecule has 1 saturated carbocycles. The number of hydrogen-bond donors (Lipinski definition) is 0. The molecule has 1 saturated heterocycles. The fourth-order valence-electron chi connectivity index (χ4n) is 3.78. The summed E-state index contributed by atoms with van der Waals surface area (Å²) >= 11 is 0. The van der Waals surface area contributed by atoms with E-state index in [1.54, 1.807) is 12.1 Å². The molecule has 0 aromatic heterocycles. The zero-order chi connectivity index (χ0) is 15.2. The van der Waals surface area contributed by atoms with Gasteiger partial charge in [0.05, 0.1) is 6.42 Å². The molecule has 2 aromatic rings. The molecule has 0 N–H and O–H groups in total. The molecule has 2 atom stereocenters. The molecule has 112 valence electrons. The molecule has 2 aliphatic rings. The second-order valence-electron chi connectivity index (χ2n) is 6.50. The highest BCUT2D eigenvalue weighted by Crippen LogP contribution is 2.58. The number of piperidine rings is 1. The largest absolute Gasteiger partial charge is 0.341 e. The molecule has 0 bridgehead atoms. The Labute approximate surface area is 129 Å². The van der Waals surface area contributed by atoms with E-state index in [1.807, 2.05) is 11.0 Å². The van der Waals surface area contributed by atoms with E-state index < -0.39 is 0 Å². The number of carbonyl (C=O) groups excluding carboxylic acids is 1. The molecule has 1 aliphatic carbocycles. The normalized spacial score (nSPS) is 25.9. The van der Waals surface area contributed by atoms with Crippen molar-refractivity contribution in [3.8, 4) is 0 Å². The van der Waals surface area contributed by atoms with Crippen LogP contribution in [0.3, 0.4) is 0 Å². The lowest BCUT2D eigenvalue weighted by Gasteiger charge is -2.21. The fourth-order valence-corrected chi connectivity index (χ4v) is 3.78. The predicted octanol–water partition coefficient (Wildman–Crippen LogP) is 3.17. The van der Waals surface area contributed by atoms with Crippen molar-refractivity contribution in [1.82, 2.24) is 4.90 Å². The third-order valence-electron chi connectivity index (χ3n) is 5.12. The van der Waals surface area contributed by atoms with Crippen LogP contribution in [0.5, 0.6) is 0 Å². The fraction of sp³-hybridized carbons (Fsp3) is 0.316. The quantitative estimate of drug-likeness (QED) is 0.851. The van der Waals surface area contributed by atoms with Crippen molar-refractivity contribution >= 4 is 5.91 Å². The zero-order valence-corrected chi connectivity index (χ0v) is 12.3. The summed E-state index contributed by atoms with van der Waals surface area (Å²) in [5, 5.41) is 0. The first-order chi connectivity index (χ1) is 10.7. The van der Waals surface area contributed by atoms with E-state index in [9.17, 15) is 9.18 Å². The number of hydrogen-bond acceptors (Lipinski definition) is 1. The average Bonchev–Trinajstić information content (AvgIpc) is 3.12. The van der Waals surface area contributed by atoms with Crippen molar-refractivity contribution in [2.24, 2.45) is 5.92 Å². The number of amides is 1. The van der Waals surface area contributed by atoms with Crippen molar-refractivity contribution in [3.63, 3.8) is 0 Å². The standard InChI is InChI=1S/C19H18FNO/c20-17-8-6-14(7-9-17)10-18(22)21-12-16-11-19(16,13-21)15-4-2-1-3-5-15/h1-9,16H,10-13H2. The number of fused-ring (bicyclic) bond motifs is 1. The van der Waals surface area contributed by atoms with Crippen molar-refractivity contribution in [2.45, 2.75) is 18.3 Å². The summed E-state index contributed by atoms with van der Waals surface area (Å²) in [5.74, 6) is 0.489. The van der Waals surface area contributed by atoms with Gasteiger partial charge in [-0.05, 0) is 35.6 Å². The molecule has 2 fully saturated rings. The van der Waals surface area contributed by atoms with Gasteiger partial charge in [0, 0.05) is 18.5 Å². The van der Waals surface area contributed by atoms with E-state index >= 15 is 0 Å². The first-order valence-electron chi connectivity index (χ1n) is 7.75. The van der Waals surface area contributed by atoms with E-state index in [2.05, 4.69) is 24.3 Å². The minimum atomic E-state index is -0.262. The lowest BCUT2D eigenvalue weighted by molar-refractivity contribution is -0.130. The van der Waals surface area contributed by atoms with Gasteiger partial charge in [0.15, 0.2) is 0 Å². The van der Waals surface area contributed by atoms with Gasteiger partial charge in [-0.25, -0.2) is 4.39 Å². The Bertz CT molecular complexity index is 697. The smallest absolute Gasteiger partial charge is 0.227 e. The minimum absolute atomic E-state index is 0.147. The molecular formula is C19H18FNO. The maximum absolute atomic E-state index is 12.9. The van der Waals surface area contributed by atoms with Gasteiger partial charge in [-0.15, -0.1) is 0 Å². The van der Waals surface area contributed by atoms with Gasteiger partial charge in [0.2, 0.25) is 5.91 Å². The van der Waals surface area contributed by atoms with Crippen LogP contribution in [0.2, 0.25) is 0 Å². The van der Waals surface area contributed by atoms with E-state index in [1.165, 1.54) is 24.1 Å². The maximum atomic E-state index is 12.9. The Morgan fingerprint density at radius 3 is 2.59 bits per heavy atom. The van der Waals surface area contributed by atoms with Crippen LogP contribution in [-0.2, 0) is 16.6 Å². The lowest BCUT2D eigenvalue weighted by Crippen LogP contribution is -2.33. The van der Waals surface area contributed by atoms with Crippen LogP contribution >= 0.6 is 0 Å². The SMILES string of the molecule is O=C(Cc1ccc(F)cc1)N1CC2CC2(c2ccccc2)C1. The first-order valence-corrected chi connectivity index (χ1v) is 7.75. The average molecular weight is 295 g/mol. The van der Waals surface area contributed by atoms with Crippen molar-refractivity contribution in [3.05, 3.63) is 71.5 Å². The molecule has 1 aliphatic heterocycles. The Balaban J connectivity index is 1.45. The highest BCUT2D eigenvalue weighted by Gasteiger charge is 2.61. The van der Waals surface area contributed by atoms with Crippen LogP contribution in [0.1, 0.15) is 17.5 Å².